The maximum absolute atomic E-state index is 11.5. The summed E-state index contributed by atoms with van der Waals surface area (Å²) in [4.78, 5) is 22.2. The van der Waals surface area contributed by atoms with Gasteiger partial charge in [-0.25, -0.2) is 4.79 Å². The van der Waals surface area contributed by atoms with Gasteiger partial charge in [-0.1, -0.05) is 0 Å². The minimum atomic E-state index is -1.52. The number of aliphatic carboxylic acids is 1. The van der Waals surface area contributed by atoms with E-state index >= 15 is 0 Å². The predicted molar refractivity (Wildman–Crippen MR) is 61.0 cm³/mol. The number of carbonyl (C=O) groups excluding carboxylic acids is 1. The molecule has 0 unspecified atom stereocenters. The highest BCUT2D eigenvalue weighted by Crippen LogP contribution is 2.33. The highest BCUT2D eigenvalue weighted by molar-refractivity contribution is 6.40. The van der Waals surface area contributed by atoms with Crippen LogP contribution in [0.2, 0.25) is 0 Å². The van der Waals surface area contributed by atoms with Crippen LogP contribution in [0.1, 0.15) is 21.5 Å². The van der Waals surface area contributed by atoms with Crippen LogP contribution in [0.5, 0.6) is 11.5 Å². The van der Waals surface area contributed by atoms with Crippen LogP contribution in [-0.2, 0) is 4.79 Å². The Bertz CT molecular complexity index is 476. The number of carboxylic acids is 1. The molecule has 0 fully saturated rings. The topological polar surface area (TPSA) is 72.8 Å². The molecule has 0 aliphatic carbocycles. The first-order valence-electron chi connectivity index (χ1n) is 4.93. The number of Topliss-reactive ketones (excluding diaryl/α,β-unsaturated/α-hetero) is 1. The van der Waals surface area contributed by atoms with Gasteiger partial charge < -0.3 is 14.6 Å². The fraction of sp³-hybridized carbons (Fsp3) is 0.333. The van der Waals surface area contributed by atoms with Gasteiger partial charge in [0.2, 0.25) is 0 Å². The van der Waals surface area contributed by atoms with E-state index in [-0.39, 0.29) is 11.3 Å². The minimum Gasteiger partial charge on any atom is -0.496 e. The molecule has 17 heavy (non-hydrogen) atoms. The average Bonchev–Trinajstić information content (AvgIpc) is 2.31. The van der Waals surface area contributed by atoms with Crippen molar-refractivity contribution in [1.82, 2.24) is 0 Å². The molecule has 5 heteroatoms. The maximum Gasteiger partial charge on any atom is 0.377 e. The van der Waals surface area contributed by atoms with Crippen molar-refractivity contribution in [3.63, 3.8) is 0 Å². The Morgan fingerprint density at radius 1 is 1.12 bits per heavy atom. The molecule has 0 heterocycles. The van der Waals surface area contributed by atoms with E-state index in [0.717, 1.165) is 5.56 Å². The van der Waals surface area contributed by atoms with Gasteiger partial charge in [-0.05, 0) is 31.0 Å². The van der Waals surface area contributed by atoms with Crippen LogP contribution in [0.4, 0.5) is 0 Å². The van der Waals surface area contributed by atoms with Gasteiger partial charge in [-0.2, -0.15) is 0 Å². The lowest BCUT2D eigenvalue weighted by Gasteiger charge is -2.15. The van der Waals surface area contributed by atoms with Crippen LogP contribution in [0.25, 0.3) is 0 Å². The van der Waals surface area contributed by atoms with E-state index < -0.39 is 11.8 Å². The Labute approximate surface area is 99.0 Å². The lowest BCUT2D eigenvalue weighted by molar-refractivity contribution is -0.131. The Kier molecular flexibility index (Phi) is 3.73. The van der Waals surface area contributed by atoms with E-state index in [1.807, 2.05) is 6.92 Å². The number of hydrogen-bond donors (Lipinski definition) is 1. The molecule has 0 bridgehead atoms. The largest absolute Gasteiger partial charge is 0.496 e. The minimum absolute atomic E-state index is 0.0000463. The first-order chi connectivity index (χ1) is 7.93. The molecule has 1 aromatic rings. The van der Waals surface area contributed by atoms with Gasteiger partial charge in [0.25, 0.3) is 5.78 Å². The third kappa shape index (κ3) is 2.22. The summed E-state index contributed by atoms with van der Waals surface area (Å²) in [6.07, 6.45) is 0. The molecule has 1 N–H and O–H groups in total. The van der Waals surface area contributed by atoms with Crippen molar-refractivity contribution < 1.29 is 24.2 Å². The molecule has 0 atom stereocenters. The Balaban J connectivity index is 3.53. The van der Waals surface area contributed by atoms with E-state index in [0.29, 0.717) is 11.3 Å². The molecule has 92 valence electrons. The number of ketones is 1. The van der Waals surface area contributed by atoms with E-state index in [9.17, 15) is 9.59 Å². The van der Waals surface area contributed by atoms with Crippen LogP contribution in [0.3, 0.4) is 0 Å². The summed E-state index contributed by atoms with van der Waals surface area (Å²) >= 11 is 0. The van der Waals surface area contributed by atoms with Crippen LogP contribution >= 0.6 is 0 Å². The van der Waals surface area contributed by atoms with Gasteiger partial charge in [0, 0.05) is 0 Å². The summed E-state index contributed by atoms with van der Waals surface area (Å²) in [7, 11) is 2.86. The van der Waals surface area contributed by atoms with Gasteiger partial charge in [0.15, 0.2) is 0 Å². The Morgan fingerprint density at radius 2 is 1.71 bits per heavy atom. The van der Waals surface area contributed by atoms with Crippen molar-refractivity contribution in [3.8, 4) is 11.5 Å². The Morgan fingerprint density at radius 3 is 2.12 bits per heavy atom. The summed E-state index contributed by atoms with van der Waals surface area (Å²) in [6.45, 7) is 3.56. The van der Waals surface area contributed by atoms with Crippen molar-refractivity contribution in [2.45, 2.75) is 13.8 Å². The standard InChI is InChI=1S/C12H14O5/c1-6-7(2)11(17-4)8(5-9(6)16-3)10(13)12(14)15/h5H,1-4H3,(H,14,15). The molecule has 0 radical (unpaired) electrons. The van der Waals surface area contributed by atoms with Crippen LogP contribution < -0.4 is 9.47 Å². The molecule has 0 spiro atoms. The van der Waals surface area contributed by atoms with Gasteiger partial charge in [0.1, 0.15) is 11.5 Å². The highest BCUT2D eigenvalue weighted by atomic mass is 16.5. The molecule has 0 aromatic heterocycles. The summed E-state index contributed by atoms with van der Waals surface area (Å²) in [5.74, 6) is -1.79. The van der Waals surface area contributed by atoms with E-state index in [2.05, 4.69) is 0 Å². The fourth-order valence-corrected chi connectivity index (χ4v) is 1.62. The first-order valence-corrected chi connectivity index (χ1v) is 4.93. The summed E-state index contributed by atoms with van der Waals surface area (Å²) < 4.78 is 10.2. The van der Waals surface area contributed by atoms with Crippen molar-refractivity contribution in [3.05, 3.63) is 22.8 Å². The van der Waals surface area contributed by atoms with Gasteiger partial charge >= 0.3 is 5.97 Å². The predicted octanol–water partition coefficient (Wildman–Crippen LogP) is 1.59. The van der Waals surface area contributed by atoms with Gasteiger partial charge in [0.05, 0.1) is 19.8 Å². The molecular weight excluding hydrogens is 224 g/mol. The van der Waals surface area contributed by atoms with Crippen molar-refractivity contribution in [2.24, 2.45) is 0 Å². The number of hydrogen-bond acceptors (Lipinski definition) is 4. The molecule has 0 saturated heterocycles. The molecule has 5 nitrogen and oxygen atoms in total. The van der Waals surface area contributed by atoms with Crippen molar-refractivity contribution in [2.75, 3.05) is 14.2 Å². The number of ether oxygens (including phenoxy) is 2. The zero-order valence-corrected chi connectivity index (χ0v) is 10.2. The molecule has 0 aliphatic rings. The third-order valence-corrected chi connectivity index (χ3v) is 2.66. The number of benzene rings is 1. The smallest absolute Gasteiger partial charge is 0.377 e. The maximum atomic E-state index is 11.5. The van der Waals surface area contributed by atoms with Crippen molar-refractivity contribution >= 4 is 11.8 Å². The summed E-state index contributed by atoms with van der Waals surface area (Å²) in [6, 6.07) is 1.39. The second kappa shape index (κ2) is 4.86. The number of rotatable bonds is 4. The molecule has 1 aromatic carbocycles. The van der Waals surface area contributed by atoms with Crippen LogP contribution in [0.15, 0.2) is 6.07 Å². The zero-order valence-electron chi connectivity index (χ0n) is 10.2. The lowest BCUT2D eigenvalue weighted by atomic mass is 10.0. The molecule has 0 saturated carbocycles. The quantitative estimate of drug-likeness (QED) is 0.637. The van der Waals surface area contributed by atoms with E-state index in [1.54, 1.807) is 6.92 Å². The molecule has 0 aliphatic heterocycles. The number of methoxy groups -OCH3 is 2. The monoisotopic (exact) mass is 238 g/mol. The SMILES string of the molecule is COc1cc(C(=O)C(=O)O)c(OC)c(C)c1C. The second-order valence-corrected chi connectivity index (χ2v) is 3.54. The zero-order chi connectivity index (χ0) is 13.2. The van der Waals surface area contributed by atoms with Crippen LogP contribution in [-0.4, -0.2) is 31.1 Å². The van der Waals surface area contributed by atoms with Crippen LogP contribution in [0, 0.1) is 13.8 Å². The summed E-state index contributed by atoms with van der Waals surface area (Å²) in [5.41, 5.74) is 1.50. The van der Waals surface area contributed by atoms with Gasteiger partial charge in [-0.3, -0.25) is 4.79 Å². The fourth-order valence-electron chi connectivity index (χ4n) is 1.62. The molecule has 1 rings (SSSR count). The number of carbonyl (C=O) groups is 2. The second-order valence-electron chi connectivity index (χ2n) is 3.54. The Hall–Kier alpha value is -2.04. The summed E-state index contributed by atoms with van der Waals surface area (Å²) in [5, 5.41) is 8.73. The molecular formula is C12H14O5. The highest BCUT2D eigenvalue weighted by Gasteiger charge is 2.23. The molecule has 0 amide bonds. The average molecular weight is 238 g/mol. The normalized spacial score (nSPS) is 9.88. The first kappa shape index (κ1) is 13.0. The number of carboxylic acid groups (broad SMARTS) is 1. The van der Waals surface area contributed by atoms with Crippen molar-refractivity contribution in [1.29, 1.82) is 0 Å². The van der Waals surface area contributed by atoms with E-state index in [1.165, 1.54) is 20.3 Å². The van der Waals surface area contributed by atoms with E-state index in [4.69, 9.17) is 14.6 Å². The lowest BCUT2D eigenvalue weighted by Crippen LogP contribution is -2.15. The third-order valence-electron chi connectivity index (χ3n) is 2.66. The van der Waals surface area contributed by atoms with Gasteiger partial charge in [-0.15, -0.1) is 0 Å².